The molecular formula is C12H11NO2S. The Labute approximate surface area is 98.1 Å². The molecule has 0 radical (unpaired) electrons. The fourth-order valence-electron chi connectivity index (χ4n) is 1.36. The van der Waals surface area contributed by atoms with E-state index in [1.807, 2.05) is 31.2 Å². The van der Waals surface area contributed by atoms with Crippen LogP contribution < -0.4 is 0 Å². The van der Waals surface area contributed by atoms with Gasteiger partial charge in [-0.1, -0.05) is 29.8 Å². The minimum Gasteiger partial charge on any atom is -0.272 e. The number of aryl methyl sites for hydroxylation is 1. The molecule has 2 rings (SSSR count). The normalized spacial score (nSPS) is 18.6. The largest absolute Gasteiger partial charge is 0.293 e. The summed E-state index contributed by atoms with van der Waals surface area (Å²) in [5, 5.41) is -0.219. The summed E-state index contributed by atoms with van der Waals surface area (Å²) in [7, 11) is 1.49. The summed E-state index contributed by atoms with van der Waals surface area (Å²) in [5.74, 6) is -0.226. The molecule has 0 spiro atoms. The van der Waals surface area contributed by atoms with Gasteiger partial charge < -0.3 is 0 Å². The van der Waals surface area contributed by atoms with Crippen molar-refractivity contribution in [2.75, 3.05) is 7.05 Å². The summed E-state index contributed by atoms with van der Waals surface area (Å²) in [6.07, 6.45) is 1.74. The first-order chi connectivity index (χ1) is 7.58. The van der Waals surface area contributed by atoms with E-state index in [-0.39, 0.29) is 11.1 Å². The van der Waals surface area contributed by atoms with E-state index in [9.17, 15) is 9.59 Å². The van der Waals surface area contributed by atoms with Gasteiger partial charge in [0, 0.05) is 7.05 Å². The van der Waals surface area contributed by atoms with Gasteiger partial charge in [0.2, 0.25) is 0 Å². The molecule has 16 heavy (non-hydrogen) atoms. The molecule has 1 aromatic carbocycles. The van der Waals surface area contributed by atoms with Crippen LogP contribution in [0.3, 0.4) is 0 Å². The van der Waals surface area contributed by atoms with E-state index >= 15 is 0 Å². The van der Waals surface area contributed by atoms with Crippen molar-refractivity contribution < 1.29 is 9.59 Å². The Morgan fingerprint density at radius 1 is 1.19 bits per heavy atom. The fourth-order valence-corrected chi connectivity index (χ4v) is 2.19. The Morgan fingerprint density at radius 2 is 1.81 bits per heavy atom. The van der Waals surface area contributed by atoms with Crippen molar-refractivity contribution in [1.82, 2.24) is 4.90 Å². The maximum Gasteiger partial charge on any atom is 0.293 e. The maximum atomic E-state index is 11.6. The number of imide groups is 1. The molecule has 1 aromatic rings. The number of carbonyl (C=O) groups is 2. The topological polar surface area (TPSA) is 37.4 Å². The molecule has 1 aliphatic rings. The van der Waals surface area contributed by atoms with Crippen LogP contribution in [0, 0.1) is 6.92 Å². The number of likely N-dealkylation sites (N-methyl/N-ethyl adjacent to an activating group) is 1. The van der Waals surface area contributed by atoms with Gasteiger partial charge >= 0.3 is 0 Å². The van der Waals surface area contributed by atoms with E-state index in [2.05, 4.69) is 0 Å². The lowest BCUT2D eigenvalue weighted by molar-refractivity contribution is -0.121. The SMILES string of the molecule is Cc1ccc(/C=C2\SC(=O)N(C)C2=O)cc1. The molecule has 0 aromatic heterocycles. The molecule has 1 fully saturated rings. The number of carbonyl (C=O) groups excluding carboxylic acids is 2. The molecule has 0 saturated carbocycles. The Hall–Kier alpha value is -1.55. The molecule has 1 heterocycles. The van der Waals surface area contributed by atoms with Crippen molar-refractivity contribution in [2.24, 2.45) is 0 Å². The van der Waals surface area contributed by atoms with Crippen LogP contribution in [-0.2, 0) is 4.79 Å². The highest BCUT2D eigenvalue weighted by Gasteiger charge is 2.31. The molecule has 0 bridgehead atoms. The number of rotatable bonds is 1. The van der Waals surface area contributed by atoms with E-state index in [0.29, 0.717) is 4.91 Å². The van der Waals surface area contributed by atoms with Gasteiger partial charge in [0.1, 0.15) is 0 Å². The van der Waals surface area contributed by atoms with Crippen LogP contribution in [0.25, 0.3) is 6.08 Å². The van der Waals surface area contributed by atoms with Gasteiger partial charge in [-0.15, -0.1) is 0 Å². The van der Waals surface area contributed by atoms with E-state index in [1.54, 1.807) is 6.08 Å². The zero-order valence-electron chi connectivity index (χ0n) is 9.06. The minimum atomic E-state index is -0.226. The first-order valence-corrected chi connectivity index (χ1v) is 5.68. The Morgan fingerprint density at radius 3 is 2.31 bits per heavy atom. The molecule has 0 atom stereocenters. The zero-order valence-corrected chi connectivity index (χ0v) is 9.88. The smallest absolute Gasteiger partial charge is 0.272 e. The van der Waals surface area contributed by atoms with Crippen LogP contribution in [0.5, 0.6) is 0 Å². The molecule has 2 amide bonds. The second-order valence-corrected chi connectivity index (χ2v) is 4.64. The van der Waals surface area contributed by atoms with E-state index in [0.717, 1.165) is 22.2 Å². The average molecular weight is 233 g/mol. The molecule has 0 aliphatic carbocycles. The molecular weight excluding hydrogens is 222 g/mol. The molecule has 0 N–H and O–H groups in total. The average Bonchev–Trinajstić information content (AvgIpc) is 2.50. The second kappa shape index (κ2) is 4.14. The van der Waals surface area contributed by atoms with Crippen molar-refractivity contribution in [3.05, 3.63) is 40.3 Å². The number of benzene rings is 1. The lowest BCUT2D eigenvalue weighted by Gasteiger charge is -2.01. The predicted molar refractivity (Wildman–Crippen MR) is 64.9 cm³/mol. The molecule has 4 heteroatoms. The summed E-state index contributed by atoms with van der Waals surface area (Å²) in [4.78, 5) is 24.5. The molecule has 82 valence electrons. The van der Waals surface area contributed by atoms with E-state index < -0.39 is 0 Å². The third-order valence-electron chi connectivity index (χ3n) is 2.36. The lowest BCUT2D eigenvalue weighted by Crippen LogP contribution is -2.22. The summed E-state index contributed by atoms with van der Waals surface area (Å²) >= 11 is 0.979. The summed E-state index contributed by atoms with van der Waals surface area (Å²) in [6.45, 7) is 2.00. The predicted octanol–water partition coefficient (Wildman–Crippen LogP) is 2.66. The van der Waals surface area contributed by atoms with Gasteiger partial charge in [0.05, 0.1) is 4.91 Å². The number of hydrogen-bond donors (Lipinski definition) is 0. The highest BCUT2D eigenvalue weighted by atomic mass is 32.2. The van der Waals surface area contributed by atoms with Gasteiger partial charge in [-0.2, -0.15) is 0 Å². The van der Waals surface area contributed by atoms with Crippen molar-refractivity contribution in [2.45, 2.75) is 6.92 Å². The molecule has 0 unspecified atom stereocenters. The Bertz CT molecular complexity index is 476. The van der Waals surface area contributed by atoms with E-state index in [1.165, 1.54) is 12.6 Å². The molecule has 3 nitrogen and oxygen atoms in total. The second-order valence-electron chi connectivity index (χ2n) is 3.65. The number of amides is 2. The lowest BCUT2D eigenvalue weighted by atomic mass is 10.1. The van der Waals surface area contributed by atoms with Crippen molar-refractivity contribution in [1.29, 1.82) is 0 Å². The number of thioether (sulfide) groups is 1. The minimum absolute atomic E-state index is 0.219. The van der Waals surface area contributed by atoms with Crippen molar-refractivity contribution in [3.8, 4) is 0 Å². The van der Waals surface area contributed by atoms with Gasteiger partial charge in [0.25, 0.3) is 11.1 Å². The Kier molecular flexibility index (Phi) is 2.83. The highest BCUT2D eigenvalue weighted by Crippen LogP contribution is 2.30. The standard InChI is InChI=1S/C12H11NO2S/c1-8-3-5-9(6-4-8)7-10-11(14)13(2)12(15)16-10/h3-7H,1-2H3/b10-7-. The van der Waals surface area contributed by atoms with Crippen LogP contribution in [0.2, 0.25) is 0 Å². The van der Waals surface area contributed by atoms with Gasteiger partial charge in [-0.3, -0.25) is 14.5 Å². The van der Waals surface area contributed by atoms with Gasteiger partial charge in [-0.05, 0) is 30.3 Å². The van der Waals surface area contributed by atoms with E-state index in [4.69, 9.17) is 0 Å². The Balaban J connectivity index is 2.29. The number of hydrogen-bond acceptors (Lipinski definition) is 3. The van der Waals surface area contributed by atoms with Crippen LogP contribution in [0.1, 0.15) is 11.1 Å². The maximum absolute atomic E-state index is 11.6. The summed E-state index contributed by atoms with van der Waals surface area (Å²) in [6, 6.07) is 7.81. The summed E-state index contributed by atoms with van der Waals surface area (Å²) in [5.41, 5.74) is 2.10. The first kappa shape index (κ1) is 11.0. The highest BCUT2D eigenvalue weighted by molar-refractivity contribution is 8.18. The number of nitrogens with zero attached hydrogens (tertiary/aromatic N) is 1. The molecule has 1 aliphatic heterocycles. The first-order valence-electron chi connectivity index (χ1n) is 4.86. The molecule has 1 saturated heterocycles. The van der Waals surface area contributed by atoms with Crippen LogP contribution in [0.4, 0.5) is 4.79 Å². The van der Waals surface area contributed by atoms with Crippen molar-refractivity contribution >= 4 is 29.0 Å². The van der Waals surface area contributed by atoms with Crippen LogP contribution in [-0.4, -0.2) is 23.1 Å². The van der Waals surface area contributed by atoms with Crippen LogP contribution >= 0.6 is 11.8 Å². The fraction of sp³-hybridized carbons (Fsp3) is 0.167. The van der Waals surface area contributed by atoms with Gasteiger partial charge in [-0.25, -0.2) is 0 Å². The summed E-state index contributed by atoms with van der Waals surface area (Å²) < 4.78 is 0. The third kappa shape index (κ3) is 2.02. The third-order valence-corrected chi connectivity index (χ3v) is 3.32. The van der Waals surface area contributed by atoms with Gasteiger partial charge in [0.15, 0.2) is 0 Å². The quantitative estimate of drug-likeness (QED) is 0.700. The zero-order chi connectivity index (χ0) is 11.7. The van der Waals surface area contributed by atoms with Crippen molar-refractivity contribution in [3.63, 3.8) is 0 Å². The van der Waals surface area contributed by atoms with Crippen LogP contribution in [0.15, 0.2) is 29.2 Å². The monoisotopic (exact) mass is 233 g/mol.